The number of aldehydes is 1. The van der Waals surface area contributed by atoms with Gasteiger partial charge in [0.2, 0.25) is 5.91 Å². The monoisotopic (exact) mass is 519 g/mol. The SMILES string of the molecule is C/C=C(\C=C/NCCCNC(=O)CCSSCCC=O)/C=C/C1C=CC(N(CCC)CCC)=CC1. The molecule has 0 aliphatic heterocycles. The first-order valence-electron chi connectivity index (χ1n) is 13.0. The van der Waals surface area contributed by atoms with Crippen molar-refractivity contribution in [2.45, 2.75) is 59.3 Å². The zero-order valence-electron chi connectivity index (χ0n) is 21.8. The fourth-order valence-electron chi connectivity index (χ4n) is 3.49. The number of nitrogens with one attached hydrogen (secondary N) is 2. The topological polar surface area (TPSA) is 61.4 Å². The summed E-state index contributed by atoms with van der Waals surface area (Å²) in [5.74, 6) is 2.12. The lowest BCUT2D eigenvalue weighted by Gasteiger charge is -2.27. The Bertz CT molecular complexity index is 738. The smallest absolute Gasteiger partial charge is 0.220 e. The second-order valence-electron chi connectivity index (χ2n) is 8.36. The van der Waals surface area contributed by atoms with Crippen molar-refractivity contribution in [3.05, 3.63) is 60.0 Å². The fraction of sp³-hybridized carbons (Fsp3) is 0.571. The van der Waals surface area contributed by atoms with Crippen molar-refractivity contribution in [3.8, 4) is 0 Å². The van der Waals surface area contributed by atoms with Crippen LogP contribution in [-0.4, -0.2) is 54.8 Å². The van der Waals surface area contributed by atoms with E-state index < -0.39 is 0 Å². The maximum absolute atomic E-state index is 11.8. The van der Waals surface area contributed by atoms with Crippen molar-refractivity contribution >= 4 is 33.8 Å². The molecule has 5 nitrogen and oxygen atoms in total. The molecule has 0 bridgehead atoms. The van der Waals surface area contributed by atoms with Crippen LogP contribution in [0.25, 0.3) is 0 Å². The highest BCUT2D eigenvalue weighted by Gasteiger charge is 2.10. The number of hydrogen-bond acceptors (Lipinski definition) is 6. The molecule has 0 heterocycles. The van der Waals surface area contributed by atoms with Crippen LogP contribution in [0.5, 0.6) is 0 Å². The summed E-state index contributed by atoms with van der Waals surface area (Å²) in [6.45, 7) is 10.3. The Labute approximate surface area is 221 Å². The van der Waals surface area contributed by atoms with E-state index in [0.717, 1.165) is 50.3 Å². The van der Waals surface area contributed by atoms with Gasteiger partial charge in [-0.3, -0.25) is 4.79 Å². The van der Waals surface area contributed by atoms with Gasteiger partial charge in [0.25, 0.3) is 0 Å². The maximum Gasteiger partial charge on any atom is 0.220 e. The van der Waals surface area contributed by atoms with Gasteiger partial charge in [-0.2, -0.15) is 0 Å². The van der Waals surface area contributed by atoms with E-state index in [1.807, 2.05) is 6.20 Å². The van der Waals surface area contributed by atoms with E-state index >= 15 is 0 Å². The Morgan fingerprint density at radius 3 is 2.57 bits per heavy atom. The molecule has 196 valence electrons. The number of nitrogens with zero attached hydrogens (tertiary/aromatic N) is 1. The molecule has 0 saturated heterocycles. The largest absolute Gasteiger partial charge is 0.391 e. The average molecular weight is 520 g/mol. The predicted molar refractivity (Wildman–Crippen MR) is 155 cm³/mol. The van der Waals surface area contributed by atoms with E-state index in [2.05, 4.69) is 78.8 Å². The van der Waals surface area contributed by atoms with Gasteiger partial charge in [-0.15, -0.1) is 0 Å². The van der Waals surface area contributed by atoms with Gasteiger partial charge in [-0.1, -0.05) is 65.8 Å². The number of allylic oxidation sites excluding steroid dienone is 8. The van der Waals surface area contributed by atoms with Crippen LogP contribution in [0, 0.1) is 5.92 Å². The molecule has 1 aliphatic carbocycles. The quantitative estimate of drug-likeness (QED) is 0.0885. The normalized spacial score (nSPS) is 16.0. The summed E-state index contributed by atoms with van der Waals surface area (Å²) in [6, 6.07) is 0. The highest BCUT2D eigenvalue weighted by Crippen LogP contribution is 2.22. The number of rotatable bonds is 20. The molecule has 7 heteroatoms. The highest BCUT2D eigenvalue weighted by molar-refractivity contribution is 8.76. The van der Waals surface area contributed by atoms with E-state index in [-0.39, 0.29) is 5.91 Å². The van der Waals surface area contributed by atoms with Crippen LogP contribution in [-0.2, 0) is 9.59 Å². The molecule has 0 radical (unpaired) electrons. The zero-order valence-corrected chi connectivity index (χ0v) is 23.5. The van der Waals surface area contributed by atoms with E-state index in [0.29, 0.717) is 25.3 Å². The van der Waals surface area contributed by atoms with Crippen LogP contribution < -0.4 is 10.6 Å². The fourth-order valence-corrected chi connectivity index (χ4v) is 5.43. The molecule has 0 spiro atoms. The van der Waals surface area contributed by atoms with Crippen molar-refractivity contribution < 1.29 is 9.59 Å². The summed E-state index contributed by atoms with van der Waals surface area (Å²) in [4.78, 5) is 24.5. The lowest BCUT2D eigenvalue weighted by atomic mass is 9.97. The number of hydrogen-bond donors (Lipinski definition) is 2. The first kappa shape index (κ1) is 31.2. The summed E-state index contributed by atoms with van der Waals surface area (Å²) < 4.78 is 0. The minimum Gasteiger partial charge on any atom is -0.391 e. The molecule has 1 aliphatic rings. The first-order valence-corrected chi connectivity index (χ1v) is 15.5. The molecule has 0 fully saturated rings. The second-order valence-corrected chi connectivity index (χ2v) is 11.1. The molecule has 1 unspecified atom stereocenters. The van der Waals surface area contributed by atoms with Gasteiger partial charge in [0.1, 0.15) is 6.29 Å². The summed E-state index contributed by atoms with van der Waals surface area (Å²) >= 11 is 0. The average Bonchev–Trinajstić information content (AvgIpc) is 2.87. The Morgan fingerprint density at radius 1 is 1.14 bits per heavy atom. The van der Waals surface area contributed by atoms with Gasteiger partial charge in [0.15, 0.2) is 0 Å². The van der Waals surface area contributed by atoms with E-state index in [1.54, 1.807) is 21.6 Å². The Hall–Kier alpha value is -1.86. The van der Waals surface area contributed by atoms with Crippen LogP contribution in [0.15, 0.2) is 60.0 Å². The van der Waals surface area contributed by atoms with Crippen LogP contribution in [0.2, 0.25) is 0 Å². The maximum atomic E-state index is 11.8. The highest BCUT2D eigenvalue weighted by atomic mass is 33.1. The molecule has 1 atom stereocenters. The molecule has 1 rings (SSSR count). The van der Waals surface area contributed by atoms with Crippen LogP contribution in [0.1, 0.15) is 59.3 Å². The Balaban J connectivity index is 2.21. The third-order valence-electron chi connectivity index (χ3n) is 5.36. The summed E-state index contributed by atoms with van der Waals surface area (Å²) in [5, 5.41) is 6.26. The molecule has 35 heavy (non-hydrogen) atoms. The standard InChI is InChI=1S/C28H45N3O2S2/c1-4-20-31(21-5-2)27-13-11-26(12-14-27)10-9-25(6-3)15-19-29-17-7-18-30-28(33)16-24-35-34-23-8-22-32/h6,9-11,13-15,19,22,26,29H,4-5,7-8,12,16-18,20-21,23-24H2,1-3H3,(H,30,33)/b10-9+,19-15-,25-6-. The van der Waals surface area contributed by atoms with Gasteiger partial charge in [-0.05, 0) is 62.5 Å². The lowest BCUT2D eigenvalue weighted by molar-refractivity contribution is -0.120. The Kier molecular flexibility index (Phi) is 19.1. The zero-order chi connectivity index (χ0) is 25.6. The van der Waals surface area contributed by atoms with Gasteiger partial charge in [-0.25, -0.2) is 0 Å². The van der Waals surface area contributed by atoms with Crippen molar-refractivity contribution in [2.24, 2.45) is 5.92 Å². The molecular formula is C28H45N3O2S2. The van der Waals surface area contributed by atoms with Gasteiger partial charge in [0, 0.05) is 56.2 Å². The van der Waals surface area contributed by atoms with E-state index in [4.69, 9.17) is 0 Å². The number of amides is 1. The lowest BCUT2D eigenvalue weighted by Crippen LogP contribution is -2.26. The summed E-state index contributed by atoms with van der Waals surface area (Å²) in [5.41, 5.74) is 2.55. The molecule has 0 saturated carbocycles. The number of carbonyl (C=O) groups is 2. The molecule has 0 aromatic carbocycles. The third-order valence-corrected chi connectivity index (χ3v) is 7.80. The first-order chi connectivity index (χ1) is 17.1. The molecular weight excluding hydrogens is 474 g/mol. The summed E-state index contributed by atoms with van der Waals surface area (Å²) in [6.07, 6.45) is 23.9. The van der Waals surface area contributed by atoms with E-state index in [9.17, 15) is 9.59 Å². The number of carbonyl (C=O) groups excluding carboxylic acids is 2. The van der Waals surface area contributed by atoms with E-state index in [1.165, 1.54) is 24.1 Å². The summed E-state index contributed by atoms with van der Waals surface area (Å²) in [7, 11) is 3.30. The second kappa shape index (κ2) is 21.4. The van der Waals surface area contributed by atoms with Gasteiger partial charge < -0.3 is 20.3 Å². The van der Waals surface area contributed by atoms with Crippen LogP contribution >= 0.6 is 21.6 Å². The molecule has 0 aromatic rings. The van der Waals surface area contributed by atoms with Gasteiger partial charge in [0.05, 0.1) is 0 Å². The van der Waals surface area contributed by atoms with Crippen molar-refractivity contribution in [1.82, 2.24) is 15.5 Å². The molecule has 0 aromatic heterocycles. The van der Waals surface area contributed by atoms with Crippen molar-refractivity contribution in [2.75, 3.05) is 37.7 Å². The predicted octanol–water partition coefficient (Wildman–Crippen LogP) is 6.04. The van der Waals surface area contributed by atoms with Crippen molar-refractivity contribution in [3.63, 3.8) is 0 Å². The van der Waals surface area contributed by atoms with Crippen molar-refractivity contribution in [1.29, 1.82) is 0 Å². The molecule has 1 amide bonds. The minimum atomic E-state index is 0.0903. The third kappa shape index (κ3) is 15.7. The van der Waals surface area contributed by atoms with Gasteiger partial charge >= 0.3 is 0 Å². The Morgan fingerprint density at radius 2 is 1.91 bits per heavy atom. The minimum absolute atomic E-state index is 0.0903. The van der Waals surface area contributed by atoms with Crippen LogP contribution in [0.3, 0.4) is 0 Å². The van der Waals surface area contributed by atoms with Crippen LogP contribution in [0.4, 0.5) is 0 Å². The molecule has 2 N–H and O–H groups in total.